The van der Waals surface area contributed by atoms with Crippen LogP contribution in [-0.2, 0) is 4.79 Å². The van der Waals surface area contributed by atoms with Gasteiger partial charge in [-0.15, -0.1) is 0 Å². The van der Waals surface area contributed by atoms with Gasteiger partial charge in [-0.2, -0.15) is 0 Å². The standard InChI is InChI=1S/C23H31N7O2/c1-24-21-10-19(26-15-27-21)17-9-20(23(32)25-11-17)30(12-16-6-7-16)18-13-29(14-18)22(31)5-4-8-28(2)3/h4-5,9-11,15-16,18H,6-8,12-14H2,1-3H3,(H,25,32)(H,24,26,27). The topological polar surface area (TPSA) is 97.5 Å². The molecule has 2 aliphatic rings. The number of H-pyrrole nitrogens is 1. The van der Waals surface area contributed by atoms with Gasteiger partial charge in [0.15, 0.2) is 0 Å². The average molecular weight is 438 g/mol. The molecule has 170 valence electrons. The number of carbonyl (C=O) groups excluding carboxylic acids is 1. The van der Waals surface area contributed by atoms with Crippen molar-refractivity contribution in [2.75, 3.05) is 57.5 Å². The van der Waals surface area contributed by atoms with E-state index >= 15 is 0 Å². The molecule has 0 atom stereocenters. The lowest BCUT2D eigenvalue weighted by Crippen LogP contribution is -2.62. The van der Waals surface area contributed by atoms with Crippen LogP contribution in [0, 0.1) is 5.92 Å². The van der Waals surface area contributed by atoms with Gasteiger partial charge in [-0.3, -0.25) is 9.59 Å². The van der Waals surface area contributed by atoms with Crippen LogP contribution in [0.15, 0.2) is 41.6 Å². The molecular weight excluding hydrogens is 406 g/mol. The Balaban J connectivity index is 1.52. The molecule has 1 saturated heterocycles. The number of nitrogens with zero attached hydrogens (tertiary/aromatic N) is 5. The summed E-state index contributed by atoms with van der Waals surface area (Å²) in [6, 6.07) is 3.90. The van der Waals surface area contributed by atoms with Crippen molar-refractivity contribution in [1.29, 1.82) is 0 Å². The molecule has 1 aliphatic carbocycles. The minimum Gasteiger partial charge on any atom is -0.373 e. The van der Waals surface area contributed by atoms with E-state index in [-0.39, 0.29) is 17.5 Å². The Labute approximate surface area is 188 Å². The maximum Gasteiger partial charge on any atom is 0.271 e. The molecule has 3 heterocycles. The van der Waals surface area contributed by atoms with Crippen molar-refractivity contribution < 1.29 is 4.79 Å². The van der Waals surface area contributed by atoms with E-state index in [0.717, 1.165) is 24.3 Å². The van der Waals surface area contributed by atoms with Crippen molar-refractivity contribution in [2.45, 2.75) is 18.9 Å². The zero-order valence-corrected chi connectivity index (χ0v) is 18.9. The fourth-order valence-electron chi connectivity index (χ4n) is 3.81. The van der Waals surface area contributed by atoms with E-state index in [1.165, 1.54) is 19.2 Å². The number of pyridine rings is 1. The quantitative estimate of drug-likeness (QED) is 0.573. The number of likely N-dealkylation sites (N-methyl/N-ethyl adjacent to an activating group) is 1. The van der Waals surface area contributed by atoms with Crippen molar-refractivity contribution in [3.8, 4) is 11.3 Å². The lowest BCUT2D eigenvalue weighted by atomic mass is 10.0. The SMILES string of the molecule is CNc1cc(-c2c[nH]c(=O)c(N(CC3CC3)C3CN(C(=O)C=CCN(C)C)C3)c2)ncn1. The summed E-state index contributed by atoms with van der Waals surface area (Å²) in [6.07, 6.45) is 9.10. The van der Waals surface area contributed by atoms with Crippen LogP contribution >= 0.6 is 0 Å². The highest BCUT2D eigenvalue weighted by Crippen LogP contribution is 2.33. The number of carbonyl (C=O) groups is 1. The number of hydrogen-bond acceptors (Lipinski definition) is 7. The predicted molar refractivity (Wildman–Crippen MR) is 126 cm³/mol. The van der Waals surface area contributed by atoms with Crippen LogP contribution in [0.4, 0.5) is 11.5 Å². The summed E-state index contributed by atoms with van der Waals surface area (Å²) in [5.41, 5.74) is 2.09. The molecule has 0 radical (unpaired) electrons. The van der Waals surface area contributed by atoms with Gasteiger partial charge < -0.3 is 25.0 Å². The Morgan fingerprint density at radius 1 is 1.28 bits per heavy atom. The first-order valence-corrected chi connectivity index (χ1v) is 11.0. The lowest BCUT2D eigenvalue weighted by molar-refractivity contribution is -0.130. The highest BCUT2D eigenvalue weighted by Gasteiger charge is 2.37. The summed E-state index contributed by atoms with van der Waals surface area (Å²) in [6.45, 7) is 2.82. The molecule has 9 nitrogen and oxygen atoms in total. The molecule has 0 aromatic carbocycles. The second-order valence-corrected chi connectivity index (χ2v) is 8.80. The fourth-order valence-corrected chi connectivity index (χ4v) is 3.81. The van der Waals surface area contributed by atoms with Crippen molar-refractivity contribution >= 4 is 17.4 Å². The molecule has 2 aromatic rings. The highest BCUT2D eigenvalue weighted by molar-refractivity contribution is 5.88. The van der Waals surface area contributed by atoms with E-state index in [0.29, 0.717) is 30.5 Å². The lowest BCUT2D eigenvalue weighted by Gasteiger charge is -2.46. The molecule has 0 spiro atoms. The second kappa shape index (κ2) is 9.52. The first-order chi connectivity index (χ1) is 15.4. The molecule has 9 heteroatoms. The number of hydrogen-bond donors (Lipinski definition) is 2. The van der Waals surface area contributed by atoms with E-state index < -0.39 is 0 Å². The summed E-state index contributed by atoms with van der Waals surface area (Å²) < 4.78 is 0. The van der Waals surface area contributed by atoms with Gasteiger partial charge in [-0.25, -0.2) is 9.97 Å². The number of anilines is 2. The molecule has 2 N–H and O–H groups in total. The monoisotopic (exact) mass is 437 g/mol. The number of rotatable bonds is 9. The van der Waals surface area contributed by atoms with Crippen LogP contribution in [0.25, 0.3) is 11.3 Å². The molecule has 1 saturated carbocycles. The third-order valence-corrected chi connectivity index (χ3v) is 5.91. The molecule has 2 aromatic heterocycles. The van der Waals surface area contributed by atoms with Gasteiger partial charge in [0.25, 0.3) is 5.56 Å². The van der Waals surface area contributed by atoms with Crippen LogP contribution < -0.4 is 15.8 Å². The fraction of sp³-hybridized carbons (Fsp3) is 0.478. The highest BCUT2D eigenvalue weighted by atomic mass is 16.2. The third kappa shape index (κ3) is 5.16. The van der Waals surface area contributed by atoms with Crippen molar-refractivity contribution in [2.24, 2.45) is 5.92 Å². The Bertz CT molecular complexity index is 1040. The number of likely N-dealkylation sites (tertiary alicyclic amines) is 1. The normalized spacial score (nSPS) is 16.4. The molecule has 4 rings (SSSR count). The largest absolute Gasteiger partial charge is 0.373 e. The Hall–Kier alpha value is -3.20. The van der Waals surface area contributed by atoms with Gasteiger partial charge >= 0.3 is 0 Å². The molecule has 32 heavy (non-hydrogen) atoms. The number of aromatic nitrogens is 3. The molecule has 1 aliphatic heterocycles. The van der Waals surface area contributed by atoms with Crippen LogP contribution in [0.1, 0.15) is 12.8 Å². The van der Waals surface area contributed by atoms with Gasteiger partial charge in [0.05, 0.1) is 11.7 Å². The van der Waals surface area contributed by atoms with Gasteiger partial charge in [0, 0.05) is 57.1 Å². The summed E-state index contributed by atoms with van der Waals surface area (Å²) >= 11 is 0. The third-order valence-electron chi connectivity index (χ3n) is 5.91. The summed E-state index contributed by atoms with van der Waals surface area (Å²) in [5.74, 6) is 1.35. The first-order valence-electron chi connectivity index (χ1n) is 11.0. The maximum atomic E-state index is 12.8. The Morgan fingerprint density at radius 2 is 2.06 bits per heavy atom. The zero-order chi connectivity index (χ0) is 22.7. The van der Waals surface area contributed by atoms with E-state index in [1.54, 1.807) is 19.3 Å². The number of aromatic amines is 1. The second-order valence-electron chi connectivity index (χ2n) is 8.80. The number of nitrogens with one attached hydrogen (secondary N) is 2. The van der Waals surface area contributed by atoms with Crippen LogP contribution in [-0.4, -0.2) is 84.0 Å². The van der Waals surface area contributed by atoms with E-state index in [1.807, 2.05) is 42.1 Å². The van der Waals surface area contributed by atoms with Crippen LogP contribution in [0.3, 0.4) is 0 Å². The van der Waals surface area contributed by atoms with Gasteiger partial charge in [-0.05, 0) is 38.9 Å². The van der Waals surface area contributed by atoms with Crippen LogP contribution in [0.2, 0.25) is 0 Å². The van der Waals surface area contributed by atoms with E-state index in [2.05, 4.69) is 25.2 Å². The predicted octanol–water partition coefficient (Wildman–Crippen LogP) is 1.42. The average Bonchev–Trinajstić information content (AvgIpc) is 3.56. The molecular formula is C23H31N7O2. The van der Waals surface area contributed by atoms with Gasteiger partial charge in [0.2, 0.25) is 5.91 Å². The van der Waals surface area contributed by atoms with Crippen molar-refractivity contribution in [3.05, 3.63) is 47.2 Å². The first kappa shape index (κ1) is 22.0. The van der Waals surface area contributed by atoms with E-state index in [9.17, 15) is 9.59 Å². The number of amides is 1. The summed E-state index contributed by atoms with van der Waals surface area (Å²) in [5, 5.41) is 3.01. The minimum absolute atomic E-state index is 0.0257. The van der Waals surface area contributed by atoms with Gasteiger partial charge in [0.1, 0.15) is 17.8 Å². The van der Waals surface area contributed by atoms with Crippen molar-refractivity contribution in [1.82, 2.24) is 24.8 Å². The molecule has 1 amide bonds. The summed E-state index contributed by atoms with van der Waals surface area (Å²) in [7, 11) is 5.75. The minimum atomic E-state index is -0.118. The smallest absolute Gasteiger partial charge is 0.271 e. The van der Waals surface area contributed by atoms with Gasteiger partial charge in [-0.1, -0.05) is 6.08 Å². The van der Waals surface area contributed by atoms with Crippen LogP contribution in [0.5, 0.6) is 0 Å². The molecule has 0 bridgehead atoms. The van der Waals surface area contributed by atoms with E-state index in [4.69, 9.17) is 0 Å². The zero-order valence-electron chi connectivity index (χ0n) is 18.9. The Kier molecular flexibility index (Phi) is 6.55. The molecule has 2 fully saturated rings. The Morgan fingerprint density at radius 3 is 2.75 bits per heavy atom. The summed E-state index contributed by atoms with van der Waals surface area (Å²) in [4.78, 5) is 42.7. The van der Waals surface area contributed by atoms with Crippen molar-refractivity contribution in [3.63, 3.8) is 0 Å². The molecule has 0 unspecified atom stereocenters. The maximum absolute atomic E-state index is 12.8.